The number of anilines is 1. The first-order valence-electron chi connectivity index (χ1n) is 8.76. The minimum absolute atomic E-state index is 0.0616. The second-order valence-corrected chi connectivity index (χ2v) is 6.59. The fourth-order valence-corrected chi connectivity index (χ4v) is 3.13. The number of fused-ring (bicyclic) bond motifs is 1. The summed E-state index contributed by atoms with van der Waals surface area (Å²) in [5.74, 6) is 0.896. The van der Waals surface area contributed by atoms with Gasteiger partial charge in [-0.25, -0.2) is 4.79 Å². The molecule has 1 unspecified atom stereocenters. The van der Waals surface area contributed by atoms with Crippen molar-refractivity contribution >= 4 is 11.6 Å². The summed E-state index contributed by atoms with van der Waals surface area (Å²) < 4.78 is 11.9. The average molecular weight is 375 g/mol. The molecule has 1 aromatic heterocycles. The average Bonchev–Trinajstić information content (AvgIpc) is 3.06. The zero-order valence-electron chi connectivity index (χ0n) is 15.3. The molecule has 4 N–H and O–H groups in total. The molecule has 0 saturated heterocycles. The smallest absolute Gasteiger partial charge is 0.329 e. The highest BCUT2D eigenvalue weighted by Crippen LogP contribution is 2.32. The van der Waals surface area contributed by atoms with Crippen molar-refractivity contribution in [1.82, 2.24) is 9.55 Å². The molecule has 9 nitrogen and oxygen atoms in total. The summed E-state index contributed by atoms with van der Waals surface area (Å²) in [4.78, 5) is 39.7. The number of likely N-dealkylation sites (N-methyl/N-ethyl adjacent to an activating group) is 1. The zero-order valence-corrected chi connectivity index (χ0v) is 15.3. The topological polar surface area (TPSA) is 121 Å². The van der Waals surface area contributed by atoms with Gasteiger partial charge in [0.1, 0.15) is 24.5 Å². The summed E-state index contributed by atoms with van der Waals surface area (Å²) in [6.07, 6.45) is 0.652. The molecule has 0 saturated carbocycles. The number of aromatic amines is 1. The first-order chi connectivity index (χ1) is 12.9. The van der Waals surface area contributed by atoms with Crippen LogP contribution in [-0.2, 0) is 13.1 Å². The minimum atomic E-state index is -0.745. The molecule has 0 spiro atoms. The highest BCUT2D eigenvalue weighted by molar-refractivity contribution is 6.00. The van der Waals surface area contributed by atoms with Crippen molar-refractivity contribution in [2.24, 2.45) is 0 Å². The molecule has 0 radical (unpaired) electrons. The van der Waals surface area contributed by atoms with Gasteiger partial charge in [0.2, 0.25) is 12.6 Å². The largest absolute Gasteiger partial charge is 0.454 e. The Balaban J connectivity index is 1.76. The van der Waals surface area contributed by atoms with E-state index in [2.05, 4.69) is 4.98 Å². The van der Waals surface area contributed by atoms with Gasteiger partial charge >= 0.3 is 5.69 Å². The normalized spacial score (nSPS) is 13.6. The quantitative estimate of drug-likeness (QED) is 0.543. The molecular weight excluding hydrogens is 352 g/mol. The first-order valence-corrected chi connectivity index (χ1v) is 8.76. The zero-order chi connectivity index (χ0) is 19.6. The molecule has 27 heavy (non-hydrogen) atoms. The number of nitrogens with two attached hydrogens (primary N) is 1. The number of H-pyrrole nitrogens is 1. The Morgan fingerprint density at radius 2 is 2.04 bits per heavy atom. The number of rotatable bonds is 7. The maximum atomic E-state index is 12.7. The van der Waals surface area contributed by atoms with Gasteiger partial charge in [-0.1, -0.05) is 6.92 Å². The van der Waals surface area contributed by atoms with Crippen LogP contribution in [0.2, 0.25) is 0 Å². The van der Waals surface area contributed by atoms with Crippen LogP contribution in [-0.4, -0.2) is 35.7 Å². The lowest BCUT2D eigenvalue weighted by atomic mass is 10.1. The maximum absolute atomic E-state index is 12.7. The Labute approximate surface area is 155 Å². The van der Waals surface area contributed by atoms with E-state index in [0.717, 1.165) is 10.5 Å². The predicted molar refractivity (Wildman–Crippen MR) is 98.4 cm³/mol. The molecular formula is C18H23N4O5+. The molecule has 144 valence electrons. The Hall–Kier alpha value is -3.07. The van der Waals surface area contributed by atoms with E-state index in [1.54, 1.807) is 0 Å². The lowest BCUT2D eigenvalue weighted by Crippen LogP contribution is -3.08. The van der Waals surface area contributed by atoms with Crippen LogP contribution < -0.4 is 31.4 Å². The third kappa shape index (κ3) is 3.87. The maximum Gasteiger partial charge on any atom is 0.329 e. The molecule has 0 amide bonds. The van der Waals surface area contributed by atoms with E-state index in [1.165, 1.54) is 4.57 Å². The van der Waals surface area contributed by atoms with Gasteiger partial charge in [0.05, 0.1) is 7.05 Å². The second kappa shape index (κ2) is 7.67. The van der Waals surface area contributed by atoms with Gasteiger partial charge in [0.15, 0.2) is 11.5 Å². The van der Waals surface area contributed by atoms with Crippen LogP contribution in [0.3, 0.4) is 0 Å². The summed E-state index contributed by atoms with van der Waals surface area (Å²) in [7, 11) is 1.84. The lowest BCUT2D eigenvalue weighted by Gasteiger charge is -2.15. The summed E-state index contributed by atoms with van der Waals surface area (Å²) in [6.45, 7) is 3.03. The van der Waals surface area contributed by atoms with Crippen LogP contribution >= 0.6 is 0 Å². The molecule has 3 rings (SSSR count). The highest BCUT2D eigenvalue weighted by Gasteiger charge is 2.23. The number of hydrogen-bond donors (Lipinski definition) is 3. The lowest BCUT2D eigenvalue weighted by molar-refractivity contribution is -0.884. The monoisotopic (exact) mass is 375 g/mol. The number of nitrogen functional groups attached to an aromatic ring is 1. The van der Waals surface area contributed by atoms with E-state index in [0.29, 0.717) is 31.0 Å². The van der Waals surface area contributed by atoms with Gasteiger partial charge in [-0.3, -0.25) is 19.1 Å². The number of carbonyl (C=O) groups is 1. The molecule has 2 heterocycles. The molecule has 0 fully saturated rings. The molecule has 0 bridgehead atoms. The van der Waals surface area contributed by atoms with Crippen LogP contribution in [0.5, 0.6) is 11.5 Å². The van der Waals surface area contributed by atoms with Gasteiger partial charge < -0.3 is 20.1 Å². The van der Waals surface area contributed by atoms with Gasteiger partial charge in [0, 0.05) is 12.1 Å². The summed E-state index contributed by atoms with van der Waals surface area (Å²) in [5.41, 5.74) is 5.41. The number of ether oxygens (including phenoxy) is 2. The summed E-state index contributed by atoms with van der Waals surface area (Å²) in [6, 6.07) is 5.61. The Kier molecular flexibility index (Phi) is 5.31. The number of hydrogen-bond acceptors (Lipinski definition) is 6. The Morgan fingerprint density at radius 3 is 2.78 bits per heavy atom. The van der Waals surface area contributed by atoms with Crippen LogP contribution in [0.15, 0.2) is 27.8 Å². The van der Waals surface area contributed by atoms with Gasteiger partial charge in [-0.2, -0.15) is 0 Å². The fraction of sp³-hybridized carbons (Fsp3) is 0.389. The number of carbonyl (C=O) groups excluding carboxylic acids is 1. The highest BCUT2D eigenvalue weighted by atomic mass is 16.7. The second-order valence-electron chi connectivity index (χ2n) is 6.59. The van der Waals surface area contributed by atoms with E-state index in [1.807, 2.05) is 32.2 Å². The van der Waals surface area contributed by atoms with E-state index < -0.39 is 17.0 Å². The van der Waals surface area contributed by atoms with E-state index >= 15 is 0 Å². The molecule has 1 aliphatic rings. The van der Waals surface area contributed by atoms with Gasteiger partial charge in [0.25, 0.3) is 5.56 Å². The molecule has 2 aromatic rings. The van der Waals surface area contributed by atoms with Crippen LogP contribution in [0.25, 0.3) is 0 Å². The molecule has 1 atom stereocenters. The molecule has 1 aliphatic heterocycles. The number of aromatic nitrogens is 2. The number of ketones is 1. The molecule has 9 heteroatoms. The summed E-state index contributed by atoms with van der Waals surface area (Å²) >= 11 is 0. The standard InChI is InChI=1S/C18H22N4O5/c1-3-6-22-16(19)15(17(24)20-18(22)25)12(23)9-21(2)8-11-4-5-13-14(7-11)27-10-26-13/h4-5,7H,3,6,8-10,19H2,1-2H3,(H,20,24,25)/p+1. The third-order valence-corrected chi connectivity index (χ3v) is 4.37. The SMILES string of the molecule is CCCn1c(N)c(C(=O)C[NH+](C)Cc2ccc3c(c2)OCO3)c(=O)[nH]c1=O. The Morgan fingerprint density at radius 1 is 1.30 bits per heavy atom. The number of quaternary nitrogens is 1. The van der Waals surface area contributed by atoms with Crippen LogP contribution in [0.4, 0.5) is 5.82 Å². The number of Topliss-reactive ketones (excluding diaryl/α,β-unsaturated/α-hetero) is 1. The van der Waals surface area contributed by atoms with E-state index in [9.17, 15) is 14.4 Å². The first kappa shape index (κ1) is 18.7. The third-order valence-electron chi connectivity index (χ3n) is 4.37. The van der Waals surface area contributed by atoms with Gasteiger partial charge in [-0.05, 0) is 24.6 Å². The van der Waals surface area contributed by atoms with E-state index in [4.69, 9.17) is 15.2 Å². The number of nitrogens with zero attached hydrogens (tertiary/aromatic N) is 1. The van der Waals surface area contributed by atoms with Crippen LogP contribution in [0, 0.1) is 0 Å². The van der Waals surface area contributed by atoms with Gasteiger partial charge in [-0.15, -0.1) is 0 Å². The van der Waals surface area contributed by atoms with E-state index in [-0.39, 0.29) is 24.7 Å². The number of nitrogens with one attached hydrogen (secondary N) is 2. The minimum Gasteiger partial charge on any atom is -0.454 e. The van der Waals surface area contributed by atoms with Crippen molar-refractivity contribution in [2.75, 3.05) is 26.1 Å². The molecule has 0 aliphatic carbocycles. The van der Waals surface area contributed by atoms with Crippen LogP contribution in [0.1, 0.15) is 29.3 Å². The van der Waals surface area contributed by atoms with Crippen molar-refractivity contribution in [2.45, 2.75) is 26.4 Å². The summed E-state index contributed by atoms with van der Waals surface area (Å²) in [5, 5.41) is 0. The van der Waals surface area contributed by atoms with Crippen molar-refractivity contribution in [3.8, 4) is 11.5 Å². The predicted octanol–water partition coefficient (Wildman–Crippen LogP) is -0.845. The fourth-order valence-electron chi connectivity index (χ4n) is 3.13. The molecule has 1 aromatic carbocycles. The van der Waals surface area contributed by atoms with Crippen molar-refractivity contribution in [3.05, 3.63) is 50.2 Å². The number of benzene rings is 1. The van der Waals surface area contributed by atoms with Crippen molar-refractivity contribution < 1.29 is 19.2 Å². The van der Waals surface area contributed by atoms with Crippen molar-refractivity contribution in [1.29, 1.82) is 0 Å². The van der Waals surface area contributed by atoms with Crippen molar-refractivity contribution in [3.63, 3.8) is 0 Å². The Bertz CT molecular complexity index is 979.